The molecule has 3 aromatic rings. The lowest BCUT2D eigenvalue weighted by Crippen LogP contribution is -2.49. The van der Waals surface area contributed by atoms with Gasteiger partial charge in [-0.15, -0.1) is 0 Å². The molecule has 0 saturated heterocycles. The number of likely N-dealkylation sites (N-methyl/N-ethyl adjacent to an activating group) is 1. The number of ether oxygens (including phenoxy) is 1. The van der Waals surface area contributed by atoms with Gasteiger partial charge in [0, 0.05) is 56.4 Å². The molecule has 1 aliphatic heterocycles. The number of sulfonamides is 1. The van der Waals surface area contributed by atoms with E-state index in [-0.39, 0.29) is 30.1 Å². The zero-order chi connectivity index (χ0) is 25.0. The highest BCUT2D eigenvalue weighted by atomic mass is 32.2. The van der Waals surface area contributed by atoms with E-state index in [1.807, 2.05) is 44.4 Å². The van der Waals surface area contributed by atoms with Crippen LogP contribution in [0.25, 0.3) is 11.1 Å². The number of nitrogens with zero attached hydrogens (tertiary/aromatic N) is 4. The molecule has 0 amide bonds. The van der Waals surface area contributed by atoms with Gasteiger partial charge < -0.3 is 9.84 Å². The number of benzene rings is 1. The van der Waals surface area contributed by atoms with Gasteiger partial charge in [-0.2, -0.15) is 4.31 Å². The smallest absolute Gasteiger partial charge is 0.247 e. The lowest BCUT2D eigenvalue weighted by molar-refractivity contribution is 0.0734. The molecule has 186 valence electrons. The Balaban J connectivity index is 1.72. The first-order valence-electron chi connectivity index (χ1n) is 11.7. The van der Waals surface area contributed by atoms with E-state index in [4.69, 9.17) is 4.74 Å². The molecule has 0 unspecified atom stereocenters. The van der Waals surface area contributed by atoms with Gasteiger partial charge in [-0.05, 0) is 61.0 Å². The van der Waals surface area contributed by atoms with E-state index in [2.05, 4.69) is 14.9 Å². The Labute approximate surface area is 207 Å². The van der Waals surface area contributed by atoms with E-state index in [1.165, 1.54) is 4.31 Å². The lowest BCUT2D eigenvalue weighted by atomic mass is 10.0. The number of hydrogen-bond donors (Lipinski definition) is 1. The molecular formula is C26H32N4O4S. The van der Waals surface area contributed by atoms with Gasteiger partial charge in [0.25, 0.3) is 0 Å². The van der Waals surface area contributed by atoms with Crippen LogP contribution in [0.4, 0.5) is 0 Å². The maximum atomic E-state index is 13.6. The standard InChI is InChI=1S/C26H32N4O4S/c1-19-15-30(20(2)18-31)35(32,33)26-7-6-23(22-8-11-27-12-9-22)13-24(26)34-25(19)17-29(3)16-21-5-4-10-28-14-21/h4-14,19-20,25,31H,15-18H2,1-3H3/t19-,20+,25+/m1/s1. The third-order valence-electron chi connectivity index (χ3n) is 6.35. The maximum absolute atomic E-state index is 13.6. The molecule has 3 atom stereocenters. The van der Waals surface area contributed by atoms with Gasteiger partial charge in [-0.1, -0.05) is 19.1 Å². The summed E-state index contributed by atoms with van der Waals surface area (Å²) < 4.78 is 35.2. The second-order valence-electron chi connectivity index (χ2n) is 9.20. The fourth-order valence-electron chi connectivity index (χ4n) is 4.34. The first-order valence-corrected chi connectivity index (χ1v) is 13.1. The number of rotatable bonds is 7. The molecule has 9 heteroatoms. The van der Waals surface area contributed by atoms with Crippen LogP contribution >= 0.6 is 0 Å². The van der Waals surface area contributed by atoms with Crippen molar-refractivity contribution in [2.24, 2.45) is 5.92 Å². The van der Waals surface area contributed by atoms with Crippen molar-refractivity contribution in [1.82, 2.24) is 19.2 Å². The summed E-state index contributed by atoms with van der Waals surface area (Å²) in [7, 11) is -1.86. The lowest BCUT2D eigenvalue weighted by Gasteiger charge is -2.37. The van der Waals surface area contributed by atoms with Crippen molar-refractivity contribution in [3.8, 4) is 16.9 Å². The van der Waals surface area contributed by atoms with Crippen LogP contribution in [-0.4, -0.2) is 71.6 Å². The Kier molecular flexibility index (Phi) is 7.81. The van der Waals surface area contributed by atoms with E-state index in [1.54, 1.807) is 43.7 Å². The first-order chi connectivity index (χ1) is 16.8. The molecular weight excluding hydrogens is 464 g/mol. The summed E-state index contributed by atoms with van der Waals surface area (Å²) >= 11 is 0. The Hall–Kier alpha value is -2.85. The minimum absolute atomic E-state index is 0.113. The van der Waals surface area contributed by atoms with Crippen LogP contribution in [0.5, 0.6) is 5.75 Å². The molecule has 0 fully saturated rings. The van der Waals surface area contributed by atoms with Crippen molar-refractivity contribution in [1.29, 1.82) is 0 Å². The molecule has 0 aliphatic carbocycles. The third-order valence-corrected chi connectivity index (χ3v) is 8.37. The molecule has 4 rings (SSSR count). The van der Waals surface area contributed by atoms with E-state index in [0.717, 1.165) is 16.7 Å². The summed E-state index contributed by atoms with van der Waals surface area (Å²) in [6.45, 7) is 4.99. The summed E-state index contributed by atoms with van der Waals surface area (Å²) in [6, 6.07) is 12.3. The van der Waals surface area contributed by atoms with E-state index < -0.39 is 16.1 Å². The largest absolute Gasteiger partial charge is 0.487 e. The zero-order valence-electron chi connectivity index (χ0n) is 20.3. The maximum Gasteiger partial charge on any atom is 0.247 e. The number of pyridine rings is 2. The predicted octanol–water partition coefficient (Wildman–Crippen LogP) is 3.04. The second-order valence-corrected chi connectivity index (χ2v) is 11.1. The van der Waals surface area contributed by atoms with Gasteiger partial charge in [-0.3, -0.25) is 14.9 Å². The minimum Gasteiger partial charge on any atom is -0.487 e. The second kappa shape index (κ2) is 10.8. The molecule has 1 aliphatic rings. The van der Waals surface area contributed by atoms with Crippen LogP contribution in [0.3, 0.4) is 0 Å². The molecule has 35 heavy (non-hydrogen) atoms. The van der Waals surface area contributed by atoms with Crippen molar-refractivity contribution in [2.75, 3.05) is 26.7 Å². The van der Waals surface area contributed by atoms with Crippen LogP contribution in [0.2, 0.25) is 0 Å². The number of hydrogen-bond acceptors (Lipinski definition) is 7. The van der Waals surface area contributed by atoms with Gasteiger partial charge in [0.15, 0.2) is 0 Å². The zero-order valence-corrected chi connectivity index (χ0v) is 21.1. The highest BCUT2D eigenvalue weighted by Gasteiger charge is 2.38. The fraction of sp³-hybridized carbons (Fsp3) is 0.385. The number of aliphatic hydroxyl groups is 1. The summed E-state index contributed by atoms with van der Waals surface area (Å²) in [4.78, 5) is 10.5. The molecule has 0 bridgehead atoms. The minimum atomic E-state index is -3.87. The van der Waals surface area contributed by atoms with Gasteiger partial charge >= 0.3 is 0 Å². The molecule has 3 heterocycles. The van der Waals surface area contributed by atoms with Crippen molar-refractivity contribution in [2.45, 2.75) is 37.4 Å². The van der Waals surface area contributed by atoms with Gasteiger partial charge in [0.05, 0.1) is 6.61 Å². The van der Waals surface area contributed by atoms with Gasteiger partial charge in [0.1, 0.15) is 16.7 Å². The normalized spacial score (nSPS) is 20.9. The monoisotopic (exact) mass is 496 g/mol. The van der Waals surface area contributed by atoms with Crippen molar-refractivity contribution < 1.29 is 18.3 Å². The van der Waals surface area contributed by atoms with Crippen LogP contribution in [0.1, 0.15) is 19.4 Å². The quantitative estimate of drug-likeness (QED) is 0.537. The van der Waals surface area contributed by atoms with Crippen molar-refractivity contribution in [3.05, 3.63) is 72.8 Å². The van der Waals surface area contributed by atoms with E-state index in [9.17, 15) is 13.5 Å². The van der Waals surface area contributed by atoms with Crippen LogP contribution in [0.15, 0.2) is 72.1 Å². The average Bonchev–Trinajstić information content (AvgIpc) is 2.86. The molecule has 8 nitrogen and oxygen atoms in total. The molecule has 0 saturated carbocycles. The predicted molar refractivity (Wildman–Crippen MR) is 134 cm³/mol. The average molecular weight is 497 g/mol. The summed E-state index contributed by atoms with van der Waals surface area (Å²) in [5.41, 5.74) is 2.86. The third kappa shape index (κ3) is 5.70. The number of fused-ring (bicyclic) bond motifs is 1. The molecule has 0 radical (unpaired) electrons. The topological polar surface area (TPSA) is 95.9 Å². The van der Waals surface area contributed by atoms with Crippen LogP contribution in [0, 0.1) is 5.92 Å². The van der Waals surface area contributed by atoms with Crippen molar-refractivity contribution in [3.63, 3.8) is 0 Å². The van der Waals surface area contributed by atoms with Gasteiger partial charge in [0.2, 0.25) is 10.0 Å². The van der Waals surface area contributed by atoms with E-state index in [0.29, 0.717) is 18.8 Å². The number of aliphatic hydroxyl groups excluding tert-OH is 1. The summed E-state index contributed by atoms with van der Waals surface area (Å²) in [6.07, 6.45) is 6.72. The fourth-order valence-corrected chi connectivity index (χ4v) is 6.17. The highest BCUT2D eigenvalue weighted by Crippen LogP contribution is 2.36. The summed E-state index contributed by atoms with van der Waals surface area (Å²) in [5, 5.41) is 9.83. The van der Waals surface area contributed by atoms with Gasteiger partial charge in [-0.25, -0.2) is 8.42 Å². The highest BCUT2D eigenvalue weighted by molar-refractivity contribution is 7.89. The molecule has 0 spiro atoms. The van der Waals surface area contributed by atoms with Crippen LogP contribution in [-0.2, 0) is 16.6 Å². The molecule has 2 aromatic heterocycles. The molecule has 1 N–H and O–H groups in total. The first kappa shape index (κ1) is 25.2. The van der Waals surface area contributed by atoms with E-state index >= 15 is 0 Å². The van der Waals surface area contributed by atoms with Crippen molar-refractivity contribution >= 4 is 10.0 Å². The Morgan fingerprint density at radius 1 is 1.14 bits per heavy atom. The Morgan fingerprint density at radius 3 is 2.60 bits per heavy atom. The Bertz CT molecular complexity index is 1220. The number of aromatic nitrogens is 2. The molecule has 1 aromatic carbocycles. The summed E-state index contributed by atoms with van der Waals surface area (Å²) in [5.74, 6) is 0.202. The Morgan fingerprint density at radius 2 is 1.91 bits per heavy atom. The SMILES string of the molecule is C[C@@H]1CN([C@@H](C)CO)S(=O)(=O)c2ccc(-c3ccncc3)cc2O[C@H]1CN(C)Cc1cccnc1. The van der Waals surface area contributed by atoms with Crippen LogP contribution < -0.4 is 4.74 Å².